The van der Waals surface area contributed by atoms with Gasteiger partial charge in [0.1, 0.15) is 5.82 Å². The maximum Gasteiger partial charge on any atom is 0.289 e. The van der Waals surface area contributed by atoms with Gasteiger partial charge in [0.25, 0.3) is 5.91 Å². The first-order valence-electron chi connectivity index (χ1n) is 6.68. The standard InChI is InChI=1S/C15H14ClFN2O2/c16-14-6-5-13(21-14)15(20)19-9-7-18(8-10-19)12-3-1-11(17)2-4-12/h1-6H,7-10H2. The number of anilines is 1. The third-order valence-electron chi connectivity index (χ3n) is 3.54. The fraction of sp³-hybridized carbons (Fsp3) is 0.267. The molecule has 3 rings (SSSR count). The van der Waals surface area contributed by atoms with Crippen LogP contribution in [0, 0.1) is 5.82 Å². The van der Waals surface area contributed by atoms with E-state index in [-0.39, 0.29) is 22.7 Å². The zero-order valence-electron chi connectivity index (χ0n) is 11.3. The molecular weight excluding hydrogens is 295 g/mol. The van der Waals surface area contributed by atoms with Gasteiger partial charge in [-0.05, 0) is 48.0 Å². The summed E-state index contributed by atoms with van der Waals surface area (Å²) in [6, 6.07) is 9.52. The fourth-order valence-electron chi connectivity index (χ4n) is 2.40. The number of piperazine rings is 1. The first-order valence-corrected chi connectivity index (χ1v) is 7.06. The van der Waals surface area contributed by atoms with Gasteiger partial charge < -0.3 is 14.2 Å². The zero-order chi connectivity index (χ0) is 14.8. The number of hydrogen-bond acceptors (Lipinski definition) is 3. The summed E-state index contributed by atoms with van der Waals surface area (Å²) in [6.07, 6.45) is 0. The molecule has 6 heteroatoms. The van der Waals surface area contributed by atoms with Crippen LogP contribution in [-0.2, 0) is 0 Å². The van der Waals surface area contributed by atoms with E-state index in [1.165, 1.54) is 12.1 Å². The van der Waals surface area contributed by atoms with Crippen molar-refractivity contribution in [3.63, 3.8) is 0 Å². The topological polar surface area (TPSA) is 36.7 Å². The molecule has 0 spiro atoms. The summed E-state index contributed by atoms with van der Waals surface area (Å²) in [4.78, 5) is 16.1. The lowest BCUT2D eigenvalue weighted by Gasteiger charge is -2.35. The Labute approximate surface area is 126 Å². The van der Waals surface area contributed by atoms with Gasteiger partial charge in [0.2, 0.25) is 0 Å². The van der Waals surface area contributed by atoms with Gasteiger partial charge in [0, 0.05) is 31.9 Å². The molecule has 0 atom stereocenters. The molecule has 0 N–H and O–H groups in total. The Morgan fingerprint density at radius 1 is 1.05 bits per heavy atom. The lowest BCUT2D eigenvalue weighted by Crippen LogP contribution is -2.48. The summed E-state index contributed by atoms with van der Waals surface area (Å²) in [5, 5.41) is 0.211. The molecule has 21 heavy (non-hydrogen) atoms. The van der Waals surface area contributed by atoms with Crippen LogP contribution in [0.3, 0.4) is 0 Å². The van der Waals surface area contributed by atoms with Gasteiger partial charge in [0.15, 0.2) is 11.0 Å². The summed E-state index contributed by atoms with van der Waals surface area (Å²) < 4.78 is 18.1. The molecule has 1 fully saturated rings. The predicted octanol–water partition coefficient (Wildman–Crippen LogP) is 3.03. The lowest BCUT2D eigenvalue weighted by molar-refractivity contribution is 0.0715. The highest BCUT2D eigenvalue weighted by molar-refractivity contribution is 6.29. The van der Waals surface area contributed by atoms with Gasteiger partial charge in [-0.25, -0.2) is 4.39 Å². The highest BCUT2D eigenvalue weighted by Gasteiger charge is 2.24. The number of halogens is 2. The van der Waals surface area contributed by atoms with Gasteiger partial charge in [-0.15, -0.1) is 0 Å². The fourth-order valence-corrected chi connectivity index (χ4v) is 2.55. The Kier molecular flexibility index (Phi) is 3.84. The highest BCUT2D eigenvalue weighted by Crippen LogP contribution is 2.19. The second-order valence-corrected chi connectivity index (χ2v) is 5.23. The molecule has 0 bridgehead atoms. The first-order chi connectivity index (χ1) is 10.1. The molecule has 1 saturated heterocycles. The molecule has 0 saturated carbocycles. The number of amides is 1. The second kappa shape index (κ2) is 5.77. The largest absolute Gasteiger partial charge is 0.440 e. The third kappa shape index (κ3) is 3.03. The monoisotopic (exact) mass is 308 g/mol. The number of carbonyl (C=O) groups is 1. The number of nitrogens with zero attached hydrogens (tertiary/aromatic N) is 2. The smallest absolute Gasteiger partial charge is 0.289 e. The van der Waals surface area contributed by atoms with E-state index in [2.05, 4.69) is 4.90 Å². The SMILES string of the molecule is O=C(c1ccc(Cl)o1)N1CCN(c2ccc(F)cc2)CC1. The maximum absolute atomic E-state index is 12.9. The average Bonchev–Trinajstić information content (AvgIpc) is 2.94. The third-order valence-corrected chi connectivity index (χ3v) is 3.75. The van der Waals surface area contributed by atoms with Crippen molar-refractivity contribution in [1.29, 1.82) is 0 Å². The molecule has 1 amide bonds. The van der Waals surface area contributed by atoms with Crippen LogP contribution in [0.25, 0.3) is 0 Å². The van der Waals surface area contributed by atoms with Crippen molar-refractivity contribution < 1.29 is 13.6 Å². The highest BCUT2D eigenvalue weighted by atomic mass is 35.5. The molecule has 2 aromatic rings. The molecule has 0 radical (unpaired) electrons. The Balaban J connectivity index is 1.62. The van der Waals surface area contributed by atoms with E-state index in [1.807, 2.05) is 0 Å². The van der Waals surface area contributed by atoms with Crippen LogP contribution in [0.4, 0.5) is 10.1 Å². The Bertz CT molecular complexity index is 633. The minimum absolute atomic E-state index is 0.152. The molecule has 1 aromatic heterocycles. The molecule has 1 aliphatic rings. The van der Waals surface area contributed by atoms with Gasteiger partial charge in [-0.1, -0.05) is 0 Å². The van der Waals surface area contributed by atoms with Gasteiger partial charge >= 0.3 is 0 Å². The number of furan rings is 1. The van der Waals surface area contributed by atoms with Crippen LogP contribution < -0.4 is 4.90 Å². The van der Waals surface area contributed by atoms with E-state index in [0.717, 1.165) is 5.69 Å². The quantitative estimate of drug-likeness (QED) is 0.855. The van der Waals surface area contributed by atoms with Gasteiger partial charge in [-0.3, -0.25) is 4.79 Å². The Morgan fingerprint density at radius 2 is 1.71 bits per heavy atom. The minimum atomic E-state index is -0.248. The van der Waals surface area contributed by atoms with Crippen LogP contribution in [0.15, 0.2) is 40.8 Å². The van der Waals surface area contributed by atoms with Crippen LogP contribution >= 0.6 is 11.6 Å². The molecule has 4 nitrogen and oxygen atoms in total. The van der Waals surface area contributed by atoms with Crippen molar-refractivity contribution >= 4 is 23.2 Å². The van der Waals surface area contributed by atoms with Crippen LogP contribution in [0.1, 0.15) is 10.6 Å². The molecule has 110 valence electrons. The molecule has 2 heterocycles. The normalized spacial score (nSPS) is 15.3. The zero-order valence-corrected chi connectivity index (χ0v) is 12.0. The summed E-state index contributed by atoms with van der Waals surface area (Å²) in [7, 11) is 0. The van der Waals surface area contributed by atoms with Crippen LogP contribution in [0.5, 0.6) is 0 Å². The van der Waals surface area contributed by atoms with E-state index in [4.69, 9.17) is 16.0 Å². The van der Waals surface area contributed by atoms with Crippen molar-refractivity contribution in [1.82, 2.24) is 4.90 Å². The summed E-state index contributed by atoms with van der Waals surface area (Å²) in [6.45, 7) is 2.58. The van der Waals surface area contributed by atoms with Crippen molar-refractivity contribution in [2.75, 3.05) is 31.1 Å². The van der Waals surface area contributed by atoms with E-state index in [1.54, 1.807) is 29.2 Å². The van der Waals surface area contributed by atoms with Crippen molar-refractivity contribution in [3.05, 3.63) is 53.2 Å². The molecule has 1 aliphatic heterocycles. The van der Waals surface area contributed by atoms with Crippen molar-refractivity contribution in [2.24, 2.45) is 0 Å². The summed E-state index contributed by atoms with van der Waals surface area (Å²) >= 11 is 5.68. The predicted molar refractivity (Wildman–Crippen MR) is 78.2 cm³/mol. The average molecular weight is 309 g/mol. The van der Waals surface area contributed by atoms with E-state index in [9.17, 15) is 9.18 Å². The van der Waals surface area contributed by atoms with E-state index < -0.39 is 0 Å². The molecule has 0 unspecified atom stereocenters. The summed E-state index contributed by atoms with van der Waals surface area (Å²) in [5.74, 6) is -0.141. The Hall–Kier alpha value is -2.01. The number of rotatable bonds is 2. The maximum atomic E-state index is 12.9. The number of carbonyl (C=O) groups excluding carboxylic acids is 1. The van der Waals surface area contributed by atoms with Crippen LogP contribution in [0.2, 0.25) is 5.22 Å². The molecule has 0 aliphatic carbocycles. The van der Waals surface area contributed by atoms with Gasteiger partial charge in [0.05, 0.1) is 0 Å². The van der Waals surface area contributed by atoms with Crippen molar-refractivity contribution in [2.45, 2.75) is 0 Å². The number of benzene rings is 1. The van der Waals surface area contributed by atoms with E-state index in [0.29, 0.717) is 26.2 Å². The van der Waals surface area contributed by atoms with Crippen molar-refractivity contribution in [3.8, 4) is 0 Å². The van der Waals surface area contributed by atoms with Gasteiger partial charge in [-0.2, -0.15) is 0 Å². The minimum Gasteiger partial charge on any atom is -0.440 e. The molecular formula is C15H14ClFN2O2. The lowest BCUT2D eigenvalue weighted by atomic mass is 10.2. The first kappa shape index (κ1) is 13.9. The van der Waals surface area contributed by atoms with E-state index >= 15 is 0 Å². The second-order valence-electron chi connectivity index (χ2n) is 4.86. The molecule has 1 aromatic carbocycles. The Morgan fingerprint density at radius 3 is 2.29 bits per heavy atom. The number of hydrogen-bond donors (Lipinski definition) is 0. The van der Waals surface area contributed by atoms with Crippen LogP contribution in [-0.4, -0.2) is 37.0 Å². The summed E-state index contributed by atoms with van der Waals surface area (Å²) in [5.41, 5.74) is 0.963.